The van der Waals surface area contributed by atoms with Gasteiger partial charge in [0.05, 0.1) is 5.56 Å². The number of rotatable bonds is 5. The summed E-state index contributed by atoms with van der Waals surface area (Å²) < 4.78 is 0. The summed E-state index contributed by atoms with van der Waals surface area (Å²) in [6, 6.07) is 8.03. The molecule has 1 aliphatic rings. The number of thiol groups is 1. The fourth-order valence-electron chi connectivity index (χ4n) is 2.04. The molecule has 0 radical (unpaired) electrons. The molecule has 1 saturated carbocycles. The Morgan fingerprint density at radius 3 is 2.61 bits per heavy atom. The summed E-state index contributed by atoms with van der Waals surface area (Å²) in [5.74, 6) is 0.772. The minimum atomic E-state index is 0.142. The van der Waals surface area contributed by atoms with Gasteiger partial charge in [-0.25, -0.2) is 0 Å². The quantitative estimate of drug-likeness (QED) is 0.804. The molecule has 3 heteroatoms. The molecule has 2 rings (SSSR count). The van der Waals surface area contributed by atoms with E-state index < -0.39 is 0 Å². The van der Waals surface area contributed by atoms with Crippen LogP contribution in [0.2, 0.25) is 0 Å². The molecule has 0 heterocycles. The Hall–Kier alpha value is -0.960. The molecule has 18 heavy (non-hydrogen) atoms. The van der Waals surface area contributed by atoms with Crippen LogP contribution >= 0.6 is 12.6 Å². The molecule has 0 unspecified atom stereocenters. The summed E-state index contributed by atoms with van der Waals surface area (Å²) in [5, 5.41) is 0. The molecular weight excluding hydrogens is 242 g/mol. The van der Waals surface area contributed by atoms with E-state index in [1.807, 2.05) is 29.2 Å². The van der Waals surface area contributed by atoms with Gasteiger partial charge in [-0.15, -0.1) is 12.6 Å². The van der Waals surface area contributed by atoms with Gasteiger partial charge in [0.2, 0.25) is 0 Å². The molecule has 0 bridgehead atoms. The van der Waals surface area contributed by atoms with E-state index in [2.05, 4.69) is 26.5 Å². The number of nitrogens with zero attached hydrogens (tertiary/aromatic N) is 1. The Balaban J connectivity index is 2.11. The molecule has 0 N–H and O–H groups in total. The topological polar surface area (TPSA) is 20.3 Å². The minimum absolute atomic E-state index is 0.142. The summed E-state index contributed by atoms with van der Waals surface area (Å²) in [5.41, 5.74) is 0.733. The lowest BCUT2D eigenvalue weighted by atomic mass is 10.1. The maximum atomic E-state index is 12.5. The van der Waals surface area contributed by atoms with Gasteiger partial charge in [-0.3, -0.25) is 4.79 Å². The molecule has 0 aliphatic heterocycles. The molecule has 0 spiro atoms. The van der Waals surface area contributed by atoms with E-state index in [0.717, 1.165) is 36.3 Å². The van der Waals surface area contributed by atoms with Crippen molar-refractivity contribution in [1.82, 2.24) is 4.90 Å². The monoisotopic (exact) mass is 263 g/mol. The number of amides is 1. The van der Waals surface area contributed by atoms with Crippen molar-refractivity contribution < 1.29 is 4.79 Å². The number of carbonyl (C=O) groups excluding carboxylic acids is 1. The summed E-state index contributed by atoms with van der Waals surface area (Å²) in [6.07, 6.45) is 3.37. The van der Waals surface area contributed by atoms with E-state index >= 15 is 0 Å². The van der Waals surface area contributed by atoms with Gasteiger partial charge in [0, 0.05) is 17.5 Å². The zero-order valence-electron chi connectivity index (χ0n) is 11.1. The average molecular weight is 263 g/mol. The molecule has 1 aliphatic carbocycles. The van der Waals surface area contributed by atoms with Crippen LogP contribution in [0.25, 0.3) is 0 Å². The van der Waals surface area contributed by atoms with Crippen molar-refractivity contribution >= 4 is 18.5 Å². The van der Waals surface area contributed by atoms with Crippen LogP contribution in [0.5, 0.6) is 0 Å². The van der Waals surface area contributed by atoms with Gasteiger partial charge in [-0.05, 0) is 37.3 Å². The predicted octanol–water partition coefficient (Wildman–Crippen LogP) is 3.63. The highest BCUT2D eigenvalue weighted by Crippen LogP contribution is 2.30. The molecule has 1 fully saturated rings. The van der Waals surface area contributed by atoms with Crippen LogP contribution in [0, 0.1) is 5.92 Å². The van der Waals surface area contributed by atoms with Gasteiger partial charge < -0.3 is 4.90 Å². The fraction of sp³-hybridized carbons (Fsp3) is 0.533. The second-order valence-corrected chi connectivity index (χ2v) is 5.91. The van der Waals surface area contributed by atoms with E-state index in [4.69, 9.17) is 0 Å². The summed E-state index contributed by atoms with van der Waals surface area (Å²) in [4.78, 5) is 15.3. The average Bonchev–Trinajstić information content (AvgIpc) is 3.13. The van der Waals surface area contributed by atoms with E-state index in [0.29, 0.717) is 12.0 Å². The third-order valence-corrected chi connectivity index (χ3v) is 3.72. The van der Waals surface area contributed by atoms with E-state index in [9.17, 15) is 4.79 Å². The Morgan fingerprint density at radius 1 is 1.39 bits per heavy atom. The van der Waals surface area contributed by atoms with Crippen molar-refractivity contribution in [3.8, 4) is 0 Å². The third-order valence-electron chi connectivity index (χ3n) is 3.33. The largest absolute Gasteiger partial charge is 0.336 e. The molecule has 98 valence electrons. The van der Waals surface area contributed by atoms with Gasteiger partial charge in [0.1, 0.15) is 0 Å². The Bertz CT molecular complexity index is 426. The van der Waals surface area contributed by atoms with Crippen LogP contribution in [0.15, 0.2) is 29.2 Å². The zero-order valence-corrected chi connectivity index (χ0v) is 12.0. The maximum absolute atomic E-state index is 12.5. The van der Waals surface area contributed by atoms with Crippen LogP contribution < -0.4 is 0 Å². The van der Waals surface area contributed by atoms with Crippen LogP contribution in [0.3, 0.4) is 0 Å². The van der Waals surface area contributed by atoms with Gasteiger partial charge >= 0.3 is 0 Å². The van der Waals surface area contributed by atoms with Gasteiger partial charge in [0.25, 0.3) is 5.91 Å². The zero-order chi connectivity index (χ0) is 13.1. The molecule has 2 nitrogen and oxygen atoms in total. The second kappa shape index (κ2) is 5.79. The molecule has 0 aromatic heterocycles. The first-order valence-corrected chi connectivity index (χ1v) is 7.13. The van der Waals surface area contributed by atoms with Crippen LogP contribution in [-0.4, -0.2) is 23.4 Å². The van der Waals surface area contributed by atoms with Gasteiger partial charge in [-0.2, -0.15) is 0 Å². The highest BCUT2D eigenvalue weighted by molar-refractivity contribution is 7.80. The van der Waals surface area contributed by atoms with Crippen molar-refractivity contribution in [2.75, 3.05) is 6.54 Å². The number of carbonyl (C=O) groups is 1. The fourth-order valence-corrected chi connectivity index (χ4v) is 2.30. The molecule has 1 amide bonds. The lowest BCUT2D eigenvalue weighted by Crippen LogP contribution is -2.34. The lowest BCUT2D eigenvalue weighted by Gasteiger charge is -2.24. The summed E-state index contributed by atoms with van der Waals surface area (Å²) in [7, 11) is 0. The molecule has 1 aromatic carbocycles. The minimum Gasteiger partial charge on any atom is -0.336 e. The molecule has 0 atom stereocenters. The lowest BCUT2D eigenvalue weighted by molar-refractivity contribution is 0.0732. The van der Waals surface area contributed by atoms with E-state index in [1.165, 1.54) is 0 Å². The van der Waals surface area contributed by atoms with Gasteiger partial charge in [0.15, 0.2) is 0 Å². The predicted molar refractivity (Wildman–Crippen MR) is 77.2 cm³/mol. The smallest absolute Gasteiger partial charge is 0.255 e. The molecule has 1 aromatic rings. The first-order chi connectivity index (χ1) is 8.59. The number of hydrogen-bond donors (Lipinski definition) is 1. The Kier molecular flexibility index (Phi) is 4.33. The highest BCUT2D eigenvalue weighted by atomic mass is 32.1. The van der Waals surface area contributed by atoms with Crippen LogP contribution in [0.4, 0.5) is 0 Å². The van der Waals surface area contributed by atoms with Crippen molar-refractivity contribution in [2.45, 2.75) is 44.0 Å². The van der Waals surface area contributed by atoms with Crippen molar-refractivity contribution in [1.29, 1.82) is 0 Å². The molecular formula is C15H21NOS. The Morgan fingerprint density at radius 2 is 2.06 bits per heavy atom. The highest BCUT2D eigenvalue weighted by Gasteiger charge is 2.33. The van der Waals surface area contributed by atoms with E-state index in [-0.39, 0.29) is 5.91 Å². The number of hydrogen-bond acceptors (Lipinski definition) is 2. The van der Waals surface area contributed by atoms with Crippen LogP contribution in [0.1, 0.15) is 43.5 Å². The summed E-state index contributed by atoms with van der Waals surface area (Å²) in [6.45, 7) is 5.26. The first-order valence-electron chi connectivity index (χ1n) is 6.68. The van der Waals surface area contributed by atoms with Crippen molar-refractivity contribution in [2.24, 2.45) is 5.92 Å². The van der Waals surface area contributed by atoms with Crippen molar-refractivity contribution in [3.05, 3.63) is 29.8 Å². The second-order valence-electron chi connectivity index (χ2n) is 5.43. The summed E-state index contributed by atoms with van der Waals surface area (Å²) >= 11 is 4.38. The van der Waals surface area contributed by atoms with E-state index in [1.54, 1.807) is 0 Å². The maximum Gasteiger partial charge on any atom is 0.255 e. The Labute approximate surface area is 115 Å². The van der Waals surface area contributed by atoms with Crippen molar-refractivity contribution in [3.63, 3.8) is 0 Å². The third kappa shape index (κ3) is 3.29. The normalized spacial score (nSPS) is 14.9. The molecule has 0 saturated heterocycles. The SMILES string of the molecule is CC(C)CCN(C(=O)c1ccccc1S)C1CC1. The van der Waals surface area contributed by atoms with Crippen LogP contribution in [-0.2, 0) is 0 Å². The standard InChI is InChI=1S/C15H21NOS/c1-11(2)9-10-16(12-7-8-12)15(17)13-5-3-4-6-14(13)18/h3-6,11-12,18H,7-10H2,1-2H3. The van der Waals surface area contributed by atoms with Gasteiger partial charge in [-0.1, -0.05) is 26.0 Å². The number of benzene rings is 1. The first kappa shape index (κ1) is 13.5.